The normalized spacial score (nSPS) is 12.8. The second-order valence-corrected chi connectivity index (χ2v) is 6.25. The zero-order chi connectivity index (χ0) is 18.8. The molecule has 144 valence electrons. The van der Waals surface area contributed by atoms with Gasteiger partial charge in [0.2, 0.25) is 0 Å². The van der Waals surface area contributed by atoms with Crippen molar-refractivity contribution in [3.8, 4) is 0 Å². The minimum atomic E-state index is -2.51. The first-order chi connectivity index (χ1) is 11.9. The second-order valence-electron chi connectivity index (χ2n) is 6.25. The molecule has 0 amide bonds. The Hall–Kier alpha value is -1.43. The Labute approximate surface area is 151 Å². The van der Waals surface area contributed by atoms with Gasteiger partial charge in [0.05, 0.1) is 0 Å². The van der Waals surface area contributed by atoms with Crippen LogP contribution in [0, 0.1) is 0 Å². The van der Waals surface area contributed by atoms with Crippen molar-refractivity contribution in [2.24, 2.45) is 0 Å². The van der Waals surface area contributed by atoms with E-state index in [1.54, 1.807) is 0 Å². The van der Waals surface area contributed by atoms with Gasteiger partial charge in [-0.2, -0.15) is 0 Å². The molecule has 4 N–H and O–H groups in total. The van der Waals surface area contributed by atoms with Gasteiger partial charge in [-0.15, -0.1) is 0 Å². The third kappa shape index (κ3) is 22.6. The van der Waals surface area contributed by atoms with Crippen LogP contribution in [0.4, 0.5) is 0 Å². The number of allylic oxidation sites excluding steroid dienone is 6. The Balaban J connectivity index is 3.34. The monoisotopic (exact) mass is 354 g/mol. The van der Waals surface area contributed by atoms with Crippen molar-refractivity contribution in [1.29, 1.82) is 0 Å². The third-order valence-corrected chi connectivity index (χ3v) is 3.69. The number of carboxylic acid groups (broad SMARTS) is 1. The van der Waals surface area contributed by atoms with Crippen LogP contribution in [0.5, 0.6) is 0 Å². The molecule has 0 radical (unpaired) electrons. The average molecular weight is 354 g/mol. The first-order valence-corrected chi connectivity index (χ1v) is 9.26. The first-order valence-electron chi connectivity index (χ1n) is 9.26. The van der Waals surface area contributed by atoms with Crippen LogP contribution in [0.2, 0.25) is 0 Å². The van der Waals surface area contributed by atoms with Crippen LogP contribution >= 0.6 is 0 Å². The topological polar surface area (TPSA) is 98.0 Å². The van der Waals surface area contributed by atoms with E-state index in [0.717, 1.165) is 51.4 Å². The number of rotatable bonds is 16. The largest absolute Gasteiger partial charge is 0.481 e. The predicted octanol–water partition coefficient (Wildman–Crippen LogP) is 4.05. The van der Waals surface area contributed by atoms with Gasteiger partial charge in [-0.1, -0.05) is 55.7 Å². The van der Waals surface area contributed by atoms with Gasteiger partial charge in [-0.3, -0.25) is 4.79 Å². The Morgan fingerprint density at radius 2 is 1.16 bits per heavy atom. The highest BCUT2D eigenvalue weighted by Crippen LogP contribution is 2.11. The van der Waals surface area contributed by atoms with Gasteiger partial charge in [0.1, 0.15) is 0 Å². The van der Waals surface area contributed by atoms with E-state index in [-0.39, 0.29) is 12.8 Å². The summed E-state index contributed by atoms with van der Waals surface area (Å²) in [6, 6.07) is 0. The molecule has 0 fully saturated rings. The molecule has 0 heterocycles. The highest BCUT2D eigenvalue weighted by Gasteiger charge is 2.16. The molecular formula is C20H34O5. The lowest BCUT2D eigenvalue weighted by molar-refractivity contribution is -0.315. The molecule has 5 heteroatoms. The van der Waals surface area contributed by atoms with E-state index in [1.807, 2.05) is 6.08 Å². The lowest BCUT2D eigenvalue weighted by Gasteiger charge is -2.12. The quantitative estimate of drug-likeness (QED) is 0.190. The Bertz CT molecular complexity index is 405. The summed E-state index contributed by atoms with van der Waals surface area (Å²) in [7, 11) is 0. The summed E-state index contributed by atoms with van der Waals surface area (Å²) >= 11 is 0. The summed E-state index contributed by atoms with van der Waals surface area (Å²) < 4.78 is 0. The molecule has 0 aliphatic carbocycles. The Morgan fingerprint density at radius 3 is 1.72 bits per heavy atom. The summed E-state index contributed by atoms with van der Waals surface area (Å²) in [5.41, 5.74) is 0. The summed E-state index contributed by atoms with van der Waals surface area (Å²) in [5.74, 6) is -3.24. The highest BCUT2D eigenvalue weighted by molar-refractivity contribution is 5.66. The van der Waals surface area contributed by atoms with Crippen LogP contribution in [0.15, 0.2) is 36.5 Å². The van der Waals surface area contributed by atoms with Crippen molar-refractivity contribution in [2.75, 3.05) is 0 Å². The fourth-order valence-corrected chi connectivity index (χ4v) is 2.30. The van der Waals surface area contributed by atoms with E-state index in [9.17, 15) is 4.79 Å². The van der Waals surface area contributed by atoms with E-state index in [2.05, 4.69) is 30.4 Å². The standard InChI is InChI=1S/C20H34O5/c21-19(22)17-15-13-11-9-7-5-3-1-2-4-6-8-10-12-14-16-18-20(23,24)25/h2-5,9,11,23-25H,1,6-8,10,12-18H2,(H,21,22). The molecule has 0 saturated heterocycles. The number of hydrogen-bond donors (Lipinski definition) is 4. The SMILES string of the molecule is O=C(O)CCCC=CCC=CCC=CCCCCCCCC(O)(O)O. The fraction of sp³-hybridized carbons (Fsp3) is 0.650. The fourth-order valence-electron chi connectivity index (χ4n) is 2.30. The average Bonchev–Trinajstić information content (AvgIpc) is 2.52. The molecule has 5 nitrogen and oxygen atoms in total. The molecule has 25 heavy (non-hydrogen) atoms. The predicted molar refractivity (Wildman–Crippen MR) is 99.8 cm³/mol. The van der Waals surface area contributed by atoms with Crippen LogP contribution in [0.3, 0.4) is 0 Å². The molecule has 0 aromatic heterocycles. The molecule has 0 rings (SSSR count). The van der Waals surface area contributed by atoms with Crippen LogP contribution in [-0.4, -0.2) is 32.4 Å². The number of carboxylic acids is 1. The van der Waals surface area contributed by atoms with Gasteiger partial charge in [0, 0.05) is 12.8 Å². The molecule has 0 spiro atoms. The van der Waals surface area contributed by atoms with Crippen LogP contribution in [0.25, 0.3) is 0 Å². The van der Waals surface area contributed by atoms with Crippen molar-refractivity contribution in [2.45, 2.75) is 83.0 Å². The van der Waals surface area contributed by atoms with Crippen LogP contribution in [0.1, 0.15) is 77.0 Å². The molecule has 0 unspecified atom stereocenters. The first kappa shape index (κ1) is 23.6. The Kier molecular flexibility index (Phi) is 15.1. The van der Waals surface area contributed by atoms with Crippen LogP contribution < -0.4 is 0 Å². The van der Waals surface area contributed by atoms with E-state index in [1.165, 1.54) is 0 Å². The number of carbonyl (C=O) groups is 1. The molecule has 0 aromatic carbocycles. The highest BCUT2D eigenvalue weighted by atomic mass is 16.7. The molecule has 0 aliphatic rings. The van der Waals surface area contributed by atoms with E-state index < -0.39 is 11.9 Å². The molecule has 0 bridgehead atoms. The third-order valence-electron chi connectivity index (χ3n) is 3.69. The lowest BCUT2D eigenvalue weighted by Crippen LogP contribution is -2.26. The number of hydrogen-bond acceptors (Lipinski definition) is 4. The van der Waals surface area contributed by atoms with Crippen molar-refractivity contribution >= 4 is 5.97 Å². The zero-order valence-corrected chi connectivity index (χ0v) is 15.1. The molecule has 0 atom stereocenters. The maximum Gasteiger partial charge on any atom is 0.303 e. The minimum Gasteiger partial charge on any atom is -0.481 e. The van der Waals surface area contributed by atoms with Gasteiger partial charge in [-0.25, -0.2) is 0 Å². The van der Waals surface area contributed by atoms with Gasteiger partial charge in [0.15, 0.2) is 0 Å². The lowest BCUT2D eigenvalue weighted by atomic mass is 10.1. The summed E-state index contributed by atoms with van der Waals surface area (Å²) in [4.78, 5) is 10.3. The van der Waals surface area contributed by atoms with E-state index in [4.69, 9.17) is 20.4 Å². The van der Waals surface area contributed by atoms with Crippen LogP contribution in [-0.2, 0) is 4.79 Å². The van der Waals surface area contributed by atoms with Gasteiger partial charge >= 0.3 is 5.97 Å². The molecular weight excluding hydrogens is 320 g/mol. The maximum absolute atomic E-state index is 10.3. The summed E-state index contributed by atoms with van der Waals surface area (Å²) in [6.45, 7) is 0. The van der Waals surface area contributed by atoms with Gasteiger partial charge in [0.25, 0.3) is 5.97 Å². The van der Waals surface area contributed by atoms with E-state index in [0.29, 0.717) is 12.8 Å². The van der Waals surface area contributed by atoms with Crippen molar-refractivity contribution in [3.05, 3.63) is 36.5 Å². The van der Waals surface area contributed by atoms with E-state index >= 15 is 0 Å². The molecule has 0 aliphatic heterocycles. The second kappa shape index (κ2) is 16.1. The number of unbranched alkanes of at least 4 members (excludes halogenated alkanes) is 6. The van der Waals surface area contributed by atoms with Gasteiger partial charge < -0.3 is 20.4 Å². The smallest absolute Gasteiger partial charge is 0.303 e. The van der Waals surface area contributed by atoms with Crippen molar-refractivity contribution in [1.82, 2.24) is 0 Å². The summed E-state index contributed by atoms with van der Waals surface area (Å²) in [5, 5.41) is 34.7. The number of aliphatic hydroxyl groups is 3. The zero-order valence-electron chi connectivity index (χ0n) is 15.1. The molecule has 0 saturated carbocycles. The Morgan fingerprint density at radius 1 is 0.680 bits per heavy atom. The number of aliphatic carboxylic acids is 1. The molecule has 0 aromatic rings. The van der Waals surface area contributed by atoms with Crippen molar-refractivity contribution < 1.29 is 25.2 Å². The van der Waals surface area contributed by atoms with Crippen molar-refractivity contribution in [3.63, 3.8) is 0 Å². The summed E-state index contributed by atoms with van der Waals surface area (Å²) in [6.07, 6.45) is 22.1. The minimum absolute atomic E-state index is 0.0107. The maximum atomic E-state index is 10.3. The van der Waals surface area contributed by atoms with Gasteiger partial charge in [-0.05, 0) is 44.9 Å².